The van der Waals surface area contributed by atoms with E-state index in [0.29, 0.717) is 24.1 Å². The normalized spacial score (nSPS) is 14.1. The minimum atomic E-state index is -1.44. The predicted octanol–water partition coefficient (Wildman–Crippen LogP) is -2.83. The molecule has 0 radical (unpaired) electrons. The molecule has 2 rings (SSSR count). The van der Waals surface area contributed by atoms with E-state index in [-0.39, 0.29) is 44.6 Å². The molecule has 1 heterocycles. The third-order valence-electron chi connectivity index (χ3n) is 8.10. The third kappa shape index (κ3) is 16.1. The zero-order valence-corrected chi connectivity index (χ0v) is 30.4. The summed E-state index contributed by atoms with van der Waals surface area (Å²) in [5, 5.41) is 22.1. The second-order valence-electron chi connectivity index (χ2n) is 12.6. The number of rotatable bonds is 24. The highest BCUT2D eigenvalue weighted by Crippen LogP contribution is 2.09. The summed E-state index contributed by atoms with van der Waals surface area (Å²) in [5.41, 5.74) is 23.4. The highest BCUT2D eigenvalue weighted by Gasteiger charge is 2.32. The van der Waals surface area contributed by atoms with Crippen LogP contribution in [0.2, 0.25) is 0 Å². The number of nitrogens with zero attached hydrogens (tertiary/aromatic N) is 2. The molecule has 0 aliphatic carbocycles. The minimum absolute atomic E-state index is 0.00128. The Bertz CT molecular complexity index is 1580. The standard InChI is InChI=1S/C34H52N12O8/c1-3-8-22(35)30(51)42-19(2)29(50)43-24(12-13-27(47)48)32(53)46-26(15-20-9-5-4-6-10-20)33(54)44-23(11-7-14-40-34(37)38)31(52)45-25(28(36)49)16-21-17-39-18-41-21/h4-6,9-10,17-19,22-26H,3,7-8,11-16,35H2,1-2H3,(H2,36,49)(H,39,41)(H,42,51)(H,43,50)(H,44,54)(H,45,52)(H,46,53)(H,47,48)(H4,37,38,40)/t19-,22-,23-,24-,25-,26-/m0/s1. The molecule has 6 amide bonds. The Morgan fingerprint density at radius 1 is 0.778 bits per heavy atom. The number of nitrogens with two attached hydrogens (primary N) is 4. The van der Waals surface area contributed by atoms with Gasteiger partial charge in [0.25, 0.3) is 0 Å². The van der Waals surface area contributed by atoms with Crippen LogP contribution >= 0.6 is 0 Å². The number of imidazole rings is 1. The van der Waals surface area contributed by atoms with Gasteiger partial charge in [-0.3, -0.25) is 38.6 Å². The largest absolute Gasteiger partial charge is 0.481 e. The third-order valence-corrected chi connectivity index (χ3v) is 8.10. The first-order valence-corrected chi connectivity index (χ1v) is 17.5. The van der Waals surface area contributed by atoms with E-state index in [2.05, 4.69) is 41.5 Å². The van der Waals surface area contributed by atoms with Crippen molar-refractivity contribution in [3.05, 3.63) is 54.1 Å². The zero-order chi connectivity index (χ0) is 40.2. The topological polar surface area (TPSA) is 345 Å². The molecule has 0 saturated carbocycles. The number of aromatic nitrogens is 2. The lowest BCUT2D eigenvalue weighted by Gasteiger charge is -2.27. The fourth-order valence-corrected chi connectivity index (χ4v) is 5.15. The minimum Gasteiger partial charge on any atom is -0.481 e. The average Bonchev–Trinajstić information content (AvgIpc) is 3.64. The van der Waals surface area contributed by atoms with Gasteiger partial charge in [-0.1, -0.05) is 43.7 Å². The number of carboxylic acid groups (broad SMARTS) is 1. The van der Waals surface area contributed by atoms with Crippen LogP contribution in [0.25, 0.3) is 0 Å². The maximum absolute atomic E-state index is 14.0. The molecule has 6 atom stereocenters. The maximum atomic E-state index is 14.0. The number of carboxylic acids is 1. The van der Waals surface area contributed by atoms with E-state index in [4.69, 9.17) is 22.9 Å². The first-order valence-electron chi connectivity index (χ1n) is 17.5. The summed E-state index contributed by atoms with van der Waals surface area (Å²) in [4.78, 5) is 101. The summed E-state index contributed by atoms with van der Waals surface area (Å²) in [7, 11) is 0. The molecule has 20 nitrogen and oxygen atoms in total. The summed E-state index contributed by atoms with van der Waals surface area (Å²) in [6.45, 7) is 3.32. The molecule has 1 aromatic carbocycles. The molecule has 1 aromatic heterocycles. The van der Waals surface area contributed by atoms with Crippen molar-refractivity contribution in [1.29, 1.82) is 0 Å². The maximum Gasteiger partial charge on any atom is 0.303 e. The molecule has 0 aliphatic heterocycles. The van der Waals surface area contributed by atoms with Crippen molar-refractivity contribution in [2.24, 2.45) is 27.9 Å². The van der Waals surface area contributed by atoms with Gasteiger partial charge in [-0.2, -0.15) is 0 Å². The van der Waals surface area contributed by atoms with E-state index in [1.54, 1.807) is 30.3 Å². The Kier molecular flexibility index (Phi) is 18.6. The average molecular weight is 757 g/mol. The Morgan fingerprint density at radius 2 is 1.37 bits per heavy atom. The zero-order valence-electron chi connectivity index (χ0n) is 30.4. The number of aliphatic imine (C=N–C) groups is 1. The van der Waals surface area contributed by atoms with Crippen molar-refractivity contribution in [3.8, 4) is 0 Å². The smallest absolute Gasteiger partial charge is 0.303 e. The molecule has 0 spiro atoms. The molecule has 54 heavy (non-hydrogen) atoms. The van der Waals surface area contributed by atoms with Crippen molar-refractivity contribution in [1.82, 2.24) is 36.6 Å². The van der Waals surface area contributed by atoms with E-state index in [1.807, 2.05) is 6.92 Å². The number of hydrogen-bond acceptors (Lipinski definition) is 10. The van der Waals surface area contributed by atoms with E-state index in [0.717, 1.165) is 0 Å². The number of benzene rings is 1. The van der Waals surface area contributed by atoms with E-state index in [9.17, 15) is 38.7 Å². The van der Waals surface area contributed by atoms with Crippen LogP contribution in [-0.4, -0.2) is 105 Å². The predicted molar refractivity (Wildman–Crippen MR) is 197 cm³/mol. The van der Waals surface area contributed by atoms with Crippen LogP contribution in [0.3, 0.4) is 0 Å². The van der Waals surface area contributed by atoms with Crippen molar-refractivity contribution in [2.75, 3.05) is 6.54 Å². The van der Waals surface area contributed by atoms with Crippen molar-refractivity contribution >= 4 is 47.4 Å². The molecule has 0 fully saturated rings. The molecule has 15 N–H and O–H groups in total. The number of H-pyrrole nitrogens is 1. The molecule has 0 saturated heterocycles. The van der Waals surface area contributed by atoms with Crippen LogP contribution in [0.4, 0.5) is 0 Å². The number of amides is 6. The summed E-state index contributed by atoms with van der Waals surface area (Å²) in [5.74, 6) is -6.11. The Morgan fingerprint density at radius 3 is 1.94 bits per heavy atom. The molecule has 20 heteroatoms. The van der Waals surface area contributed by atoms with Crippen LogP contribution in [0.15, 0.2) is 47.8 Å². The van der Waals surface area contributed by atoms with Gasteiger partial charge in [-0.15, -0.1) is 0 Å². The van der Waals surface area contributed by atoms with Gasteiger partial charge in [-0.25, -0.2) is 4.98 Å². The van der Waals surface area contributed by atoms with Gasteiger partial charge in [0.1, 0.15) is 30.2 Å². The van der Waals surface area contributed by atoms with Gasteiger partial charge in [0.2, 0.25) is 35.4 Å². The van der Waals surface area contributed by atoms with Crippen molar-refractivity contribution in [3.63, 3.8) is 0 Å². The number of carbonyl (C=O) groups is 7. The SMILES string of the molecule is CCC[C@H](N)C(=O)N[C@@H](C)C(=O)N[C@@H](CCC(=O)O)C(=O)N[C@@H](Cc1ccccc1)C(=O)N[C@@H](CCCN=C(N)N)C(=O)N[C@@H](Cc1cnc[nH]1)C(N)=O. The van der Waals surface area contributed by atoms with Crippen LogP contribution in [0, 0.1) is 0 Å². The number of aliphatic carboxylic acids is 1. The Hall–Kier alpha value is -6.05. The second kappa shape index (κ2) is 22.8. The molecule has 2 aromatic rings. The fraction of sp³-hybridized carbons (Fsp3) is 0.500. The molecular formula is C34H52N12O8. The first kappa shape index (κ1) is 44.1. The van der Waals surface area contributed by atoms with E-state index in [1.165, 1.54) is 19.4 Å². The van der Waals surface area contributed by atoms with E-state index < -0.39 is 84.1 Å². The quantitative estimate of drug-likeness (QED) is 0.0293. The van der Waals surface area contributed by atoms with Crippen LogP contribution in [0.5, 0.6) is 0 Å². The van der Waals surface area contributed by atoms with Gasteiger partial charge < -0.3 is 59.6 Å². The van der Waals surface area contributed by atoms with Gasteiger partial charge in [-0.05, 0) is 38.2 Å². The summed E-state index contributed by atoms with van der Waals surface area (Å²) in [6, 6.07) is 1.36. The van der Waals surface area contributed by atoms with Crippen LogP contribution < -0.4 is 49.5 Å². The first-order chi connectivity index (χ1) is 25.6. The number of aromatic amines is 1. The molecule has 296 valence electrons. The monoisotopic (exact) mass is 756 g/mol. The van der Waals surface area contributed by atoms with Gasteiger partial charge in [0.15, 0.2) is 5.96 Å². The molecule has 0 aliphatic rings. The number of hydrogen-bond donors (Lipinski definition) is 11. The summed E-state index contributed by atoms with van der Waals surface area (Å²) < 4.78 is 0. The highest BCUT2D eigenvalue weighted by molar-refractivity contribution is 5.96. The molecule has 0 bridgehead atoms. The summed E-state index contributed by atoms with van der Waals surface area (Å²) >= 11 is 0. The lowest BCUT2D eigenvalue weighted by Crippen LogP contribution is -2.59. The number of primary amides is 1. The van der Waals surface area contributed by atoms with Gasteiger partial charge >= 0.3 is 5.97 Å². The van der Waals surface area contributed by atoms with E-state index >= 15 is 0 Å². The molecule has 0 unspecified atom stereocenters. The number of nitrogens with one attached hydrogen (secondary N) is 6. The van der Waals surface area contributed by atoms with Gasteiger partial charge in [0, 0.05) is 37.7 Å². The van der Waals surface area contributed by atoms with Crippen molar-refractivity contribution in [2.45, 2.75) is 101 Å². The van der Waals surface area contributed by atoms with Crippen LogP contribution in [0.1, 0.15) is 63.6 Å². The molecular weight excluding hydrogens is 704 g/mol. The lowest BCUT2D eigenvalue weighted by molar-refractivity contribution is -0.138. The Balaban J connectivity index is 2.35. The number of guanidine groups is 1. The number of carbonyl (C=O) groups excluding carboxylic acids is 6. The lowest BCUT2D eigenvalue weighted by atomic mass is 10.0. The van der Waals surface area contributed by atoms with Crippen LogP contribution in [-0.2, 0) is 46.4 Å². The van der Waals surface area contributed by atoms with Crippen molar-refractivity contribution < 1.29 is 38.7 Å². The highest BCUT2D eigenvalue weighted by atomic mass is 16.4. The summed E-state index contributed by atoms with van der Waals surface area (Å²) in [6.07, 6.45) is 3.11. The second-order valence-corrected chi connectivity index (χ2v) is 12.6. The Labute approximate surface area is 312 Å². The fourth-order valence-electron chi connectivity index (χ4n) is 5.15. The van der Waals surface area contributed by atoms with Gasteiger partial charge in [0.05, 0.1) is 12.4 Å².